The quantitative estimate of drug-likeness (QED) is 0.336. The first-order chi connectivity index (χ1) is 14.8. The SMILES string of the molecule is O=CCCc1ccc(Oc2ccccn2)cc1OCCc1ccc2ccccc2c1. The van der Waals surface area contributed by atoms with Gasteiger partial charge in [0, 0.05) is 31.2 Å². The summed E-state index contributed by atoms with van der Waals surface area (Å²) >= 11 is 0. The van der Waals surface area contributed by atoms with Gasteiger partial charge in [-0.1, -0.05) is 54.6 Å². The fourth-order valence-corrected chi connectivity index (χ4v) is 3.36. The van der Waals surface area contributed by atoms with Gasteiger partial charge in [-0.3, -0.25) is 0 Å². The Kier molecular flexibility index (Phi) is 6.35. The number of fused-ring (bicyclic) bond motifs is 1. The van der Waals surface area contributed by atoms with Crippen LogP contribution in [-0.2, 0) is 17.6 Å². The number of hydrogen-bond acceptors (Lipinski definition) is 4. The Hall–Kier alpha value is -3.66. The first kappa shape index (κ1) is 19.6. The summed E-state index contributed by atoms with van der Waals surface area (Å²) in [5.41, 5.74) is 2.22. The minimum absolute atomic E-state index is 0.460. The van der Waals surface area contributed by atoms with Crippen molar-refractivity contribution in [3.63, 3.8) is 0 Å². The summed E-state index contributed by atoms with van der Waals surface area (Å²) in [6, 6.07) is 26.0. The van der Waals surface area contributed by atoms with Crippen LogP contribution in [0.3, 0.4) is 0 Å². The van der Waals surface area contributed by atoms with E-state index in [2.05, 4.69) is 41.4 Å². The van der Waals surface area contributed by atoms with Crippen molar-refractivity contribution in [2.45, 2.75) is 19.3 Å². The van der Waals surface area contributed by atoms with Crippen molar-refractivity contribution in [3.8, 4) is 17.4 Å². The normalized spacial score (nSPS) is 10.7. The van der Waals surface area contributed by atoms with E-state index in [9.17, 15) is 4.79 Å². The van der Waals surface area contributed by atoms with Crippen molar-refractivity contribution >= 4 is 17.1 Å². The molecule has 0 aliphatic carbocycles. The largest absolute Gasteiger partial charge is 0.493 e. The average Bonchev–Trinajstić information content (AvgIpc) is 2.79. The number of pyridine rings is 1. The Morgan fingerprint density at radius 1 is 0.833 bits per heavy atom. The van der Waals surface area contributed by atoms with Gasteiger partial charge in [0.25, 0.3) is 0 Å². The van der Waals surface area contributed by atoms with Crippen molar-refractivity contribution < 1.29 is 14.3 Å². The van der Waals surface area contributed by atoms with Gasteiger partial charge in [0.1, 0.15) is 17.8 Å². The minimum atomic E-state index is 0.460. The molecule has 4 heteroatoms. The van der Waals surface area contributed by atoms with Crippen LogP contribution in [0.15, 0.2) is 85.1 Å². The first-order valence-corrected chi connectivity index (χ1v) is 10.1. The van der Waals surface area contributed by atoms with Crippen LogP contribution in [-0.4, -0.2) is 17.9 Å². The smallest absolute Gasteiger partial charge is 0.219 e. The highest BCUT2D eigenvalue weighted by Crippen LogP contribution is 2.29. The summed E-state index contributed by atoms with van der Waals surface area (Å²) in [5.74, 6) is 1.93. The van der Waals surface area contributed by atoms with E-state index in [0.717, 1.165) is 24.0 Å². The number of ether oxygens (including phenoxy) is 2. The van der Waals surface area contributed by atoms with E-state index in [1.165, 1.54) is 16.3 Å². The lowest BCUT2D eigenvalue weighted by molar-refractivity contribution is -0.107. The highest BCUT2D eigenvalue weighted by molar-refractivity contribution is 5.82. The molecule has 0 aliphatic rings. The Morgan fingerprint density at radius 3 is 2.53 bits per heavy atom. The number of rotatable bonds is 9. The monoisotopic (exact) mass is 397 g/mol. The van der Waals surface area contributed by atoms with Crippen molar-refractivity contribution in [3.05, 3.63) is 96.2 Å². The fraction of sp³-hybridized carbons (Fsp3) is 0.154. The third kappa shape index (κ3) is 5.03. The zero-order valence-electron chi connectivity index (χ0n) is 16.7. The number of benzene rings is 3. The molecule has 4 nitrogen and oxygen atoms in total. The highest BCUT2D eigenvalue weighted by atomic mass is 16.5. The van der Waals surface area contributed by atoms with E-state index in [1.54, 1.807) is 12.3 Å². The maximum Gasteiger partial charge on any atom is 0.219 e. The number of hydrogen-bond donors (Lipinski definition) is 0. The zero-order valence-corrected chi connectivity index (χ0v) is 16.7. The van der Waals surface area contributed by atoms with Gasteiger partial charge in [0.15, 0.2) is 0 Å². The molecule has 0 atom stereocenters. The standard InChI is InChI=1S/C26H23NO3/c28-16-5-8-22-12-13-24(30-26-9-3-4-15-27-26)19-25(22)29-17-14-20-10-11-21-6-1-2-7-23(21)18-20/h1-4,6-7,9-13,15-16,18-19H,5,8,14,17H2. The maximum atomic E-state index is 10.8. The first-order valence-electron chi connectivity index (χ1n) is 10.1. The molecule has 3 aromatic carbocycles. The zero-order chi connectivity index (χ0) is 20.6. The molecule has 30 heavy (non-hydrogen) atoms. The molecule has 0 unspecified atom stereocenters. The third-order valence-corrected chi connectivity index (χ3v) is 4.89. The van der Waals surface area contributed by atoms with Gasteiger partial charge in [0.2, 0.25) is 5.88 Å². The number of aromatic nitrogens is 1. The lowest BCUT2D eigenvalue weighted by Crippen LogP contribution is -2.04. The number of carbonyl (C=O) groups is 1. The van der Waals surface area contributed by atoms with E-state index in [-0.39, 0.29) is 0 Å². The molecule has 4 rings (SSSR count). The summed E-state index contributed by atoms with van der Waals surface area (Å²) in [7, 11) is 0. The molecule has 0 bridgehead atoms. The van der Waals surface area contributed by atoms with Crippen LogP contribution in [0, 0.1) is 0 Å². The second kappa shape index (κ2) is 9.70. The third-order valence-electron chi connectivity index (χ3n) is 4.89. The number of aryl methyl sites for hydroxylation is 1. The van der Waals surface area contributed by atoms with Crippen LogP contribution in [0.5, 0.6) is 17.4 Å². The molecule has 0 radical (unpaired) electrons. The molecule has 0 fully saturated rings. The Labute approximate surface area is 176 Å². The van der Waals surface area contributed by atoms with Crippen molar-refractivity contribution in [2.75, 3.05) is 6.61 Å². The van der Waals surface area contributed by atoms with Crippen molar-refractivity contribution in [1.29, 1.82) is 0 Å². The highest BCUT2D eigenvalue weighted by Gasteiger charge is 2.08. The van der Waals surface area contributed by atoms with Gasteiger partial charge in [0.05, 0.1) is 6.61 Å². The molecule has 0 amide bonds. The van der Waals surface area contributed by atoms with Crippen LogP contribution in [0.1, 0.15) is 17.5 Å². The lowest BCUT2D eigenvalue weighted by atomic mass is 10.1. The Bertz CT molecular complexity index is 1130. The van der Waals surface area contributed by atoms with Gasteiger partial charge in [-0.05, 0) is 40.5 Å². The summed E-state index contributed by atoms with van der Waals surface area (Å²) in [6.07, 6.45) is 4.51. The number of aldehydes is 1. The van der Waals surface area contributed by atoms with Crippen LogP contribution in [0.25, 0.3) is 10.8 Å². The van der Waals surface area contributed by atoms with Crippen molar-refractivity contribution in [1.82, 2.24) is 4.98 Å². The van der Waals surface area contributed by atoms with Gasteiger partial charge in [-0.25, -0.2) is 4.98 Å². The maximum absolute atomic E-state index is 10.8. The number of nitrogens with zero attached hydrogens (tertiary/aromatic N) is 1. The van der Waals surface area contributed by atoms with Crippen molar-refractivity contribution in [2.24, 2.45) is 0 Å². The van der Waals surface area contributed by atoms with Crippen LogP contribution >= 0.6 is 0 Å². The molecule has 150 valence electrons. The molecule has 4 aromatic rings. The van der Waals surface area contributed by atoms with E-state index in [1.807, 2.05) is 36.4 Å². The minimum Gasteiger partial charge on any atom is -0.493 e. The van der Waals surface area contributed by atoms with Gasteiger partial charge >= 0.3 is 0 Å². The van der Waals surface area contributed by atoms with Gasteiger partial charge < -0.3 is 14.3 Å². The molecule has 0 spiro atoms. The van der Waals surface area contributed by atoms with E-state index >= 15 is 0 Å². The van der Waals surface area contributed by atoms with Crippen LogP contribution in [0.2, 0.25) is 0 Å². The van der Waals surface area contributed by atoms with Gasteiger partial charge in [-0.15, -0.1) is 0 Å². The molecular formula is C26H23NO3. The van der Waals surface area contributed by atoms with E-state index < -0.39 is 0 Å². The Balaban J connectivity index is 1.47. The summed E-state index contributed by atoms with van der Waals surface area (Å²) in [6.45, 7) is 0.541. The lowest BCUT2D eigenvalue weighted by Gasteiger charge is -2.13. The summed E-state index contributed by atoms with van der Waals surface area (Å²) in [4.78, 5) is 15.0. The molecule has 0 N–H and O–H groups in total. The average molecular weight is 397 g/mol. The summed E-state index contributed by atoms with van der Waals surface area (Å²) < 4.78 is 11.9. The van der Waals surface area contributed by atoms with Gasteiger partial charge in [-0.2, -0.15) is 0 Å². The summed E-state index contributed by atoms with van der Waals surface area (Å²) in [5, 5.41) is 2.46. The topological polar surface area (TPSA) is 48.4 Å². The molecule has 0 aliphatic heterocycles. The molecule has 0 saturated heterocycles. The predicted octanol–water partition coefficient (Wildman–Crippen LogP) is 5.78. The second-order valence-electron chi connectivity index (χ2n) is 7.02. The molecular weight excluding hydrogens is 374 g/mol. The van der Waals surface area contributed by atoms with Crippen LogP contribution < -0.4 is 9.47 Å². The molecule has 1 heterocycles. The molecule has 0 saturated carbocycles. The number of carbonyl (C=O) groups excluding carboxylic acids is 1. The predicted molar refractivity (Wildman–Crippen MR) is 118 cm³/mol. The van der Waals surface area contributed by atoms with E-state index in [0.29, 0.717) is 31.1 Å². The fourth-order valence-electron chi connectivity index (χ4n) is 3.36. The molecule has 1 aromatic heterocycles. The second-order valence-corrected chi connectivity index (χ2v) is 7.02. The van der Waals surface area contributed by atoms with Crippen LogP contribution in [0.4, 0.5) is 0 Å². The Morgan fingerprint density at radius 2 is 1.70 bits per heavy atom. The van der Waals surface area contributed by atoms with E-state index in [4.69, 9.17) is 9.47 Å².